The molecule has 1 fully saturated rings. The van der Waals surface area contributed by atoms with E-state index in [1.54, 1.807) is 0 Å². The van der Waals surface area contributed by atoms with Gasteiger partial charge in [0.05, 0.1) is 0 Å². The van der Waals surface area contributed by atoms with Crippen molar-refractivity contribution in [2.24, 2.45) is 0 Å². The Kier molecular flexibility index (Phi) is 4.03. The molecule has 0 spiro atoms. The van der Waals surface area contributed by atoms with Crippen molar-refractivity contribution in [1.82, 2.24) is 5.32 Å². The molecule has 3 rings (SSSR count). The molecule has 1 aliphatic heterocycles. The van der Waals surface area contributed by atoms with E-state index in [2.05, 4.69) is 47.8 Å². The Bertz CT molecular complexity index is 533. The summed E-state index contributed by atoms with van der Waals surface area (Å²) in [5.74, 6) is 0. The van der Waals surface area contributed by atoms with E-state index in [0.29, 0.717) is 12.1 Å². The molecule has 0 bridgehead atoms. The van der Waals surface area contributed by atoms with Crippen molar-refractivity contribution < 1.29 is 0 Å². The molecule has 0 saturated carbocycles. The maximum absolute atomic E-state index is 5.73. The largest absolute Gasteiger partial charge is 0.399 e. The third-order valence-electron chi connectivity index (χ3n) is 4.12. The lowest BCUT2D eigenvalue weighted by molar-refractivity contribution is 0.532. The van der Waals surface area contributed by atoms with Gasteiger partial charge in [-0.1, -0.05) is 42.5 Å². The Labute approximate surface area is 121 Å². The topological polar surface area (TPSA) is 38.0 Å². The van der Waals surface area contributed by atoms with Crippen molar-refractivity contribution in [2.45, 2.75) is 37.8 Å². The predicted octanol–water partition coefficient (Wildman–Crippen LogP) is 3.17. The van der Waals surface area contributed by atoms with E-state index in [4.69, 9.17) is 5.73 Å². The molecule has 2 atom stereocenters. The van der Waals surface area contributed by atoms with Crippen LogP contribution in [0.25, 0.3) is 0 Å². The molecule has 3 N–H and O–H groups in total. The fourth-order valence-electron chi connectivity index (χ4n) is 3.06. The third kappa shape index (κ3) is 3.40. The molecule has 0 aliphatic carbocycles. The lowest BCUT2D eigenvalue weighted by Crippen LogP contribution is -2.32. The monoisotopic (exact) mass is 266 g/mol. The van der Waals surface area contributed by atoms with E-state index in [1.807, 2.05) is 12.1 Å². The minimum Gasteiger partial charge on any atom is -0.399 e. The second-order valence-electron chi connectivity index (χ2n) is 5.77. The highest BCUT2D eigenvalue weighted by atomic mass is 15.0. The zero-order valence-corrected chi connectivity index (χ0v) is 11.8. The summed E-state index contributed by atoms with van der Waals surface area (Å²) in [5, 5.41) is 3.77. The zero-order chi connectivity index (χ0) is 13.8. The molecule has 0 radical (unpaired) electrons. The number of nitrogens with two attached hydrogens (primary N) is 1. The van der Waals surface area contributed by atoms with Crippen LogP contribution in [0.2, 0.25) is 0 Å². The van der Waals surface area contributed by atoms with Crippen LogP contribution < -0.4 is 11.1 Å². The van der Waals surface area contributed by atoms with E-state index in [1.165, 1.54) is 24.0 Å². The van der Waals surface area contributed by atoms with Crippen LogP contribution in [0.4, 0.5) is 5.69 Å². The molecule has 2 aromatic rings. The summed E-state index contributed by atoms with van der Waals surface area (Å²) in [6.45, 7) is 0. The lowest BCUT2D eigenvalue weighted by atomic mass is 10.0. The number of nitrogen functional groups attached to an aromatic ring is 1. The van der Waals surface area contributed by atoms with E-state index in [0.717, 1.165) is 18.5 Å². The van der Waals surface area contributed by atoms with Gasteiger partial charge in [-0.25, -0.2) is 0 Å². The summed E-state index contributed by atoms with van der Waals surface area (Å²) in [4.78, 5) is 0. The Hall–Kier alpha value is -1.80. The van der Waals surface area contributed by atoms with Crippen LogP contribution in [0.5, 0.6) is 0 Å². The van der Waals surface area contributed by atoms with Gasteiger partial charge in [0, 0.05) is 17.8 Å². The Balaban J connectivity index is 1.53. The van der Waals surface area contributed by atoms with Crippen molar-refractivity contribution in [2.75, 3.05) is 5.73 Å². The van der Waals surface area contributed by atoms with Crippen molar-refractivity contribution >= 4 is 5.69 Å². The molecule has 2 nitrogen and oxygen atoms in total. The Morgan fingerprint density at radius 3 is 1.95 bits per heavy atom. The minimum absolute atomic E-state index is 0.604. The minimum atomic E-state index is 0.604. The molecule has 0 unspecified atom stereocenters. The van der Waals surface area contributed by atoms with Gasteiger partial charge in [-0.05, 0) is 48.9 Å². The highest BCUT2D eigenvalue weighted by molar-refractivity contribution is 5.39. The molecule has 1 aliphatic rings. The first-order valence-electron chi connectivity index (χ1n) is 7.44. The van der Waals surface area contributed by atoms with Gasteiger partial charge in [-0.15, -0.1) is 0 Å². The first kappa shape index (κ1) is 13.2. The molecule has 0 amide bonds. The van der Waals surface area contributed by atoms with Gasteiger partial charge in [0.1, 0.15) is 0 Å². The van der Waals surface area contributed by atoms with Gasteiger partial charge in [0.2, 0.25) is 0 Å². The summed E-state index contributed by atoms with van der Waals surface area (Å²) in [5.41, 5.74) is 9.37. The maximum atomic E-state index is 5.73. The molecule has 2 heteroatoms. The molecule has 1 heterocycles. The SMILES string of the molecule is Nc1ccc(C[C@@H]2CC[C@H](Cc3ccccc3)N2)cc1. The van der Waals surface area contributed by atoms with Crippen molar-refractivity contribution in [3.05, 3.63) is 65.7 Å². The summed E-state index contributed by atoms with van der Waals surface area (Å²) in [6, 6.07) is 20.2. The van der Waals surface area contributed by atoms with Crippen LogP contribution >= 0.6 is 0 Å². The van der Waals surface area contributed by atoms with Crippen molar-refractivity contribution in [3.63, 3.8) is 0 Å². The molecule has 0 aromatic heterocycles. The zero-order valence-electron chi connectivity index (χ0n) is 11.8. The van der Waals surface area contributed by atoms with Crippen LogP contribution in [0.15, 0.2) is 54.6 Å². The number of hydrogen-bond acceptors (Lipinski definition) is 2. The number of rotatable bonds is 4. The fraction of sp³-hybridized carbons (Fsp3) is 0.333. The molecular weight excluding hydrogens is 244 g/mol. The number of hydrogen-bond donors (Lipinski definition) is 2. The quantitative estimate of drug-likeness (QED) is 0.834. The smallest absolute Gasteiger partial charge is 0.0314 e. The van der Waals surface area contributed by atoms with Gasteiger partial charge in [-0.3, -0.25) is 0 Å². The standard InChI is InChI=1S/C18H22N2/c19-16-8-6-15(7-9-16)13-18-11-10-17(20-18)12-14-4-2-1-3-5-14/h1-9,17-18,20H,10-13,19H2/t17-,18+/m1/s1. The van der Waals surface area contributed by atoms with Gasteiger partial charge in [0.25, 0.3) is 0 Å². The average Bonchev–Trinajstić information content (AvgIpc) is 2.90. The highest BCUT2D eigenvalue weighted by Crippen LogP contribution is 2.20. The van der Waals surface area contributed by atoms with E-state index in [9.17, 15) is 0 Å². The number of benzene rings is 2. The first-order valence-corrected chi connectivity index (χ1v) is 7.44. The summed E-state index contributed by atoms with van der Waals surface area (Å²) in [6.07, 6.45) is 4.78. The van der Waals surface area contributed by atoms with Crippen LogP contribution in [0, 0.1) is 0 Å². The van der Waals surface area contributed by atoms with Crippen LogP contribution in [0.3, 0.4) is 0 Å². The van der Waals surface area contributed by atoms with Gasteiger partial charge in [-0.2, -0.15) is 0 Å². The highest BCUT2D eigenvalue weighted by Gasteiger charge is 2.23. The Morgan fingerprint density at radius 1 is 0.800 bits per heavy atom. The van der Waals surface area contributed by atoms with Crippen LogP contribution in [0.1, 0.15) is 24.0 Å². The second-order valence-corrected chi connectivity index (χ2v) is 5.77. The van der Waals surface area contributed by atoms with Gasteiger partial charge >= 0.3 is 0 Å². The predicted molar refractivity (Wildman–Crippen MR) is 84.7 cm³/mol. The molecule has 1 saturated heterocycles. The van der Waals surface area contributed by atoms with Gasteiger partial charge in [0.15, 0.2) is 0 Å². The normalized spacial score (nSPS) is 22.0. The fourth-order valence-corrected chi connectivity index (χ4v) is 3.06. The molecule has 2 aromatic carbocycles. The number of anilines is 1. The molecular formula is C18H22N2. The average molecular weight is 266 g/mol. The second kappa shape index (κ2) is 6.10. The number of nitrogens with one attached hydrogen (secondary N) is 1. The molecule has 20 heavy (non-hydrogen) atoms. The van der Waals surface area contributed by atoms with E-state index in [-0.39, 0.29) is 0 Å². The van der Waals surface area contributed by atoms with Crippen LogP contribution in [-0.4, -0.2) is 12.1 Å². The summed E-state index contributed by atoms with van der Waals surface area (Å²) >= 11 is 0. The summed E-state index contributed by atoms with van der Waals surface area (Å²) in [7, 11) is 0. The first-order chi connectivity index (χ1) is 9.79. The van der Waals surface area contributed by atoms with Gasteiger partial charge < -0.3 is 11.1 Å². The third-order valence-corrected chi connectivity index (χ3v) is 4.12. The Morgan fingerprint density at radius 2 is 1.35 bits per heavy atom. The van der Waals surface area contributed by atoms with Crippen molar-refractivity contribution in [1.29, 1.82) is 0 Å². The summed E-state index contributed by atoms with van der Waals surface area (Å²) < 4.78 is 0. The van der Waals surface area contributed by atoms with E-state index < -0.39 is 0 Å². The van der Waals surface area contributed by atoms with Crippen molar-refractivity contribution in [3.8, 4) is 0 Å². The molecule has 104 valence electrons. The lowest BCUT2D eigenvalue weighted by Gasteiger charge is -2.14. The van der Waals surface area contributed by atoms with Crippen LogP contribution in [-0.2, 0) is 12.8 Å². The maximum Gasteiger partial charge on any atom is 0.0314 e. The van der Waals surface area contributed by atoms with E-state index >= 15 is 0 Å².